The van der Waals surface area contributed by atoms with E-state index >= 15 is 0 Å². The fraction of sp³-hybridized carbons (Fsp3) is 0.0500. The molecule has 0 saturated heterocycles. The summed E-state index contributed by atoms with van der Waals surface area (Å²) in [6.45, 7) is 1.43. The molecule has 2 amide bonds. The number of carbonyl (C=O) groups is 1. The number of para-hydroxylation sites is 1. The third kappa shape index (κ3) is 3.37. The number of aromatic hydroxyl groups is 1. The van der Waals surface area contributed by atoms with Crippen LogP contribution in [-0.4, -0.2) is 21.8 Å². The smallest absolute Gasteiger partial charge is 0.331 e. The largest absolute Gasteiger partial charge is 0.508 e. The van der Waals surface area contributed by atoms with E-state index in [1.54, 1.807) is 42.6 Å². The molecule has 0 radical (unpaired) electrons. The lowest BCUT2D eigenvalue weighted by Crippen LogP contribution is -2.34. The van der Waals surface area contributed by atoms with Gasteiger partial charge in [-0.05, 0) is 36.4 Å². The summed E-state index contributed by atoms with van der Waals surface area (Å²) >= 11 is 0. The van der Waals surface area contributed by atoms with Gasteiger partial charge < -0.3 is 15.4 Å². The average Bonchev–Trinajstić information content (AvgIpc) is 3.12. The van der Waals surface area contributed by atoms with E-state index in [0.717, 1.165) is 0 Å². The van der Waals surface area contributed by atoms with Gasteiger partial charge in [-0.3, -0.25) is 10.3 Å². The van der Waals surface area contributed by atoms with Crippen LogP contribution in [0.2, 0.25) is 0 Å². The van der Waals surface area contributed by atoms with E-state index in [-0.39, 0.29) is 11.8 Å². The first-order valence-corrected chi connectivity index (χ1v) is 8.13. The number of urea groups is 1. The number of aromatic amines is 1. The lowest BCUT2D eigenvalue weighted by atomic mass is 10.0. The Balaban J connectivity index is 0.000000659. The van der Waals surface area contributed by atoms with Gasteiger partial charge in [-0.15, -0.1) is 0 Å². The molecule has 2 aromatic carbocycles. The summed E-state index contributed by atoms with van der Waals surface area (Å²) < 4.78 is 0. The fourth-order valence-electron chi connectivity index (χ4n) is 2.83. The van der Waals surface area contributed by atoms with Crippen molar-refractivity contribution in [3.63, 3.8) is 0 Å². The third-order valence-corrected chi connectivity index (χ3v) is 3.96. The molecule has 0 atom stereocenters. The van der Waals surface area contributed by atoms with Crippen molar-refractivity contribution < 1.29 is 9.90 Å². The van der Waals surface area contributed by atoms with Crippen LogP contribution in [0.1, 0.15) is 18.2 Å². The van der Waals surface area contributed by atoms with Crippen LogP contribution in [0.4, 0.5) is 21.9 Å². The Bertz CT molecular complexity index is 1030. The number of carbonyl (C=O) groups excluding carboxylic acids is 1. The number of benzene rings is 2. The van der Waals surface area contributed by atoms with Gasteiger partial charge in [-0.1, -0.05) is 18.2 Å². The normalized spacial score (nSPS) is 12.4. The lowest BCUT2D eigenvalue weighted by Gasteiger charge is -2.27. The first-order valence-electron chi connectivity index (χ1n) is 8.13. The number of hydrogen-bond acceptors (Lipinski definition) is 4. The van der Waals surface area contributed by atoms with Gasteiger partial charge in [0.15, 0.2) is 0 Å². The van der Waals surface area contributed by atoms with Crippen molar-refractivity contribution >= 4 is 28.8 Å². The first-order chi connectivity index (χ1) is 13.1. The Labute approximate surface area is 156 Å². The number of fused-ring (bicyclic) bond motifs is 2. The number of anilines is 3. The molecule has 3 aromatic rings. The molecule has 27 heavy (non-hydrogen) atoms. The van der Waals surface area contributed by atoms with Gasteiger partial charge in [0.2, 0.25) is 0 Å². The number of nitrogens with zero attached hydrogens (tertiary/aromatic N) is 2. The summed E-state index contributed by atoms with van der Waals surface area (Å²) in [6.07, 6.45) is 1.70. The average molecular weight is 359 g/mol. The number of hydrogen-bond donors (Lipinski definition) is 4. The van der Waals surface area contributed by atoms with Crippen molar-refractivity contribution in [3.05, 3.63) is 72.1 Å². The molecular weight excluding hydrogens is 342 g/mol. The van der Waals surface area contributed by atoms with Crippen LogP contribution >= 0.6 is 0 Å². The van der Waals surface area contributed by atoms with Gasteiger partial charge in [-0.25, -0.2) is 4.79 Å². The maximum Gasteiger partial charge on any atom is 0.331 e. The second-order valence-corrected chi connectivity index (χ2v) is 5.66. The van der Waals surface area contributed by atoms with Gasteiger partial charge in [0, 0.05) is 18.7 Å². The Hall–Kier alpha value is -4.05. The van der Waals surface area contributed by atoms with E-state index in [0.29, 0.717) is 34.0 Å². The Morgan fingerprint density at radius 1 is 1.11 bits per heavy atom. The van der Waals surface area contributed by atoms with E-state index in [4.69, 9.17) is 10.7 Å². The van der Waals surface area contributed by atoms with Crippen molar-refractivity contribution in [2.75, 3.05) is 10.2 Å². The van der Waals surface area contributed by atoms with Gasteiger partial charge in [0.1, 0.15) is 5.75 Å². The maximum absolute atomic E-state index is 12.9. The summed E-state index contributed by atoms with van der Waals surface area (Å²) in [7, 11) is 0. The molecule has 4 rings (SSSR count). The van der Waals surface area contributed by atoms with Crippen molar-refractivity contribution in [2.45, 2.75) is 6.92 Å². The van der Waals surface area contributed by atoms with Crippen LogP contribution in [0.25, 0.3) is 0 Å². The molecule has 7 heteroatoms. The fourth-order valence-corrected chi connectivity index (χ4v) is 2.83. The highest BCUT2D eigenvalue weighted by Gasteiger charge is 2.28. The lowest BCUT2D eigenvalue weighted by molar-refractivity contribution is 0.259. The van der Waals surface area contributed by atoms with Crippen molar-refractivity contribution in [2.24, 2.45) is 0 Å². The molecule has 1 aliphatic rings. The summed E-state index contributed by atoms with van der Waals surface area (Å²) in [5.41, 5.74) is 3.27. The maximum atomic E-state index is 12.9. The van der Waals surface area contributed by atoms with Crippen LogP contribution in [-0.2, 0) is 0 Å². The van der Waals surface area contributed by atoms with Crippen LogP contribution in [0, 0.1) is 16.7 Å². The Morgan fingerprint density at radius 3 is 2.48 bits per heavy atom. The molecule has 0 fully saturated rings. The topological polar surface area (TPSA) is 116 Å². The molecule has 7 nitrogen and oxygen atoms in total. The van der Waals surface area contributed by atoms with Crippen molar-refractivity contribution in [1.82, 2.24) is 4.98 Å². The number of phenols is 1. The second-order valence-electron chi connectivity index (χ2n) is 5.66. The number of rotatable bonds is 1. The van der Waals surface area contributed by atoms with Gasteiger partial charge in [0.05, 0.1) is 34.5 Å². The minimum Gasteiger partial charge on any atom is -0.508 e. The molecule has 0 aliphatic carbocycles. The SMILES string of the molecule is CC#N.N=C1c2ccccc2NC(=O)N(c2ccc(O)cc2)c2cc[nH]c21. The van der Waals surface area contributed by atoms with Crippen LogP contribution in [0.5, 0.6) is 5.75 Å². The predicted molar refractivity (Wildman–Crippen MR) is 104 cm³/mol. The van der Waals surface area contributed by atoms with Crippen molar-refractivity contribution in [1.29, 1.82) is 10.7 Å². The van der Waals surface area contributed by atoms with E-state index in [9.17, 15) is 9.90 Å². The summed E-state index contributed by atoms with van der Waals surface area (Å²) in [5, 5.41) is 28.2. The van der Waals surface area contributed by atoms with Gasteiger partial charge in [0.25, 0.3) is 0 Å². The molecule has 134 valence electrons. The molecule has 1 aliphatic heterocycles. The van der Waals surface area contributed by atoms with Gasteiger partial charge in [-0.2, -0.15) is 5.26 Å². The van der Waals surface area contributed by atoms with Gasteiger partial charge >= 0.3 is 6.03 Å². The molecular formula is C20H17N5O2. The van der Waals surface area contributed by atoms with E-state index in [1.165, 1.54) is 24.0 Å². The highest BCUT2D eigenvalue weighted by molar-refractivity contribution is 6.22. The number of aromatic nitrogens is 1. The number of phenolic OH excluding ortho intramolecular Hbond substituents is 1. The number of nitriles is 1. The molecule has 4 N–H and O–H groups in total. The van der Waals surface area contributed by atoms with Crippen LogP contribution in [0.3, 0.4) is 0 Å². The zero-order valence-corrected chi connectivity index (χ0v) is 14.5. The van der Waals surface area contributed by atoms with Crippen LogP contribution in [0.15, 0.2) is 60.8 Å². The molecule has 1 aromatic heterocycles. The monoisotopic (exact) mass is 359 g/mol. The minimum absolute atomic E-state index is 0.124. The molecule has 0 bridgehead atoms. The first kappa shape index (κ1) is 17.8. The number of nitrogens with one attached hydrogen (secondary N) is 3. The van der Waals surface area contributed by atoms with E-state index in [1.807, 2.05) is 12.1 Å². The number of H-pyrrole nitrogens is 1. The molecule has 2 heterocycles. The summed E-state index contributed by atoms with van der Waals surface area (Å²) in [6, 6.07) is 16.7. The molecule has 0 spiro atoms. The van der Waals surface area contributed by atoms with E-state index < -0.39 is 0 Å². The summed E-state index contributed by atoms with van der Waals surface area (Å²) in [4.78, 5) is 17.4. The quantitative estimate of drug-likeness (QED) is 0.517. The van der Waals surface area contributed by atoms with Crippen molar-refractivity contribution in [3.8, 4) is 11.8 Å². The van der Waals surface area contributed by atoms with E-state index in [2.05, 4.69) is 10.3 Å². The second kappa shape index (κ2) is 7.45. The third-order valence-electron chi connectivity index (χ3n) is 3.96. The zero-order chi connectivity index (χ0) is 19.4. The van der Waals surface area contributed by atoms with Crippen LogP contribution < -0.4 is 10.2 Å². The zero-order valence-electron chi connectivity index (χ0n) is 14.5. The molecule has 0 unspecified atom stereocenters. The highest BCUT2D eigenvalue weighted by atomic mass is 16.3. The minimum atomic E-state index is -0.332. The Morgan fingerprint density at radius 2 is 1.78 bits per heavy atom. The standard InChI is InChI=1S/C18H14N4O2.C2H3N/c19-16-13-3-1-2-4-14(13)21-18(24)22(15-9-10-20-17(15)16)11-5-7-12(23)8-6-11;1-2-3/h1-10,19-20,23H,(H,21,24);1H3. The number of amides is 2. The molecule has 0 saturated carbocycles. The predicted octanol–water partition coefficient (Wildman–Crippen LogP) is 4.35. The Kier molecular flexibility index (Phi) is 4.90. The highest BCUT2D eigenvalue weighted by Crippen LogP contribution is 2.34. The summed E-state index contributed by atoms with van der Waals surface area (Å²) in [5.74, 6) is 0.124.